The minimum Gasteiger partial charge on any atom is -0.481 e. The number of aliphatic carboxylic acids is 1. The van der Waals surface area contributed by atoms with Crippen molar-refractivity contribution in [1.29, 1.82) is 0 Å². The van der Waals surface area contributed by atoms with E-state index in [9.17, 15) is 24.9 Å². The highest BCUT2D eigenvalue weighted by Gasteiger charge is 2.74. The molecule has 1 aliphatic carbocycles. The van der Waals surface area contributed by atoms with Gasteiger partial charge in [-0.1, -0.05) is 73.7 Å². The molecule has 0 radical (unpaired) electrons. The smallest absolute Gasteiger partial charge is 0.309 e. The summed E-state index contributed by atoms with van der Waals surface area (Å²) < 4.78 is 35.5. The van der Waals surface area contributed by atoms with E-state index in [1.807, 2.05) is 53.9 Å². The highest BCUT2D eigenvalue weighted by Crippen LogP contribution is 2.68. The Morgan fingerprint density at radius 3 is 2.26 bits per heavy atom. The van der Waals surface area contributed by atoms with Crippen LogP contribution in [0.3, 0.4) is 0 Å². The van der Waals surface area contributed by atoms with Crippen LogP contribution in [0.25, 0.3) is 0 Å². The van der Waals surface area contributed by atoms with Gasteiger partial charge in [-0.25, -0.2) is 0 Å². The summed E-state index contributed by atoms with van der Waals surface area (Å²) in [6.45, 7) is 20.1. The maximum absolute atomic E-state index is 14.8. The average molecular weight is 852 g/mol. The maximum atomic E-state index is 14.8. The first-order valence-corrected chi connectivity index (χ1v) is 23.9. The number of Topliss-reactive ketones (excluding diaryl/α,β-unsaturated/α-hetero) is 1. The lowest BCUT2D eigenvalue weighted by Gasteiger charge is -2.55. The molecule has 4 N–H and O–H groups in total. The molecule has 1 unspecified atom stereocenters. The summed E-state index contributed by atoms with van der Waals surface area (Å²) in [5, 5.41) is 36.7. The molecule has 0 bridgehead atoms. The fraction of sp³-hybridized carbons (Fsp3) is 0.889. The molecule has 330 valence electrons. The van der Waals surface area contributed by atoms with Gasteiger partial charge in [0.2, 0.25) is 0 Å². The second kappa shape index (κ2) is 16.8. The predicted molar refractivity (Wildman–Crippen MR) is 228 cm³/mol. The lowest BCUT2D eigenvalue weighted by atomic mass is 9.72. The first kappa shape index (κ1) is 46.3. The Kier molecular flexibility index (Phi) is 13.5. The van der Waals surface area contributed by atoms with Gasteiger partial charge in [-0.2, -0.15) is 0 Å². The Balaban J connectivity index is 1.23. The molecule has 6 aliphatic rings. The quantitative estimate of drug-likeness (QED) is 0.113. The molecule has 1 saturated carbocycles. The standard InChI is InChI=1S/C45H73NO10S2/c1-12-30(38(49)50)32-16-15-26(5)43(53-32)24-40(43,9)37(48)28(7)35(47)31(13-2)36-25(4)23-27(6)44(54-36)20-17-33(46-39(57)58-11)45(56-44)22-21-41(10,55-45)34-18-19-42(51,14-3)29(8)52-34/h17,20,25-34,36-37,48,51H,12-16,18-19,21-24H2,1-11H3,(H,46,57)(H,49,50)/t25-,26-,27+,28+,29-,30+,31-,32+,33+,34+,36-,37+,40?,41-,42+,43+,44-,45-/m0/s1. The fourth-order valence-electron chi connectivity index (χ4n) is 12.0. The minimum atomic E-state index is -1.19. The number of hydrogen-bond donors (Lipinski definition) is 4. The summed E-state index contributed by atoms with van der Waals surface area (Å²) in [6.07, 6.45) is 10.5. The molecule has 0 aromatic heterocycles. The molecule has 58 heavy (non-hydrogen) atoms. The average Bonchev–Trinajstić information content (AvgIpc) is 3.64. The van der Waals surface area contributed by atoms with Crippen LogP contribution >= 0.6 is 24.0 Å². The van der Waals surface area contributed by atoms with E-state index < -0.39 is 81.9 Å². The summed E-state index contributed by atoms with van der Waals surface area (Å²) in [5.74, 6) is -4.96. The SMILES string of the molecule is CC[C@@H](C(=O)[C@@H](C)[C@@H](O)C1(C)C[C@]12O[C@@H]([C@@H](CC)C(=O)O)CC[C@@H]2C)[C@H]1O[C@]2(C=C[C@@H](NC(=S)SC)[C@]3(CC[C@@](C)([C@H]4CC[C@](O)(CC)[C@H](C)O4)O3)O2)[C@H](C)C[C@@H]1C. The van der Waals surface area contributed by atoms with Gasteiger partial charge < -0.3 is 44.3 Å². The van der Waals surface area contributed by atoms with Crippen molar-refractivity contribution in [2.24, 2.45) is 40.9 Å². The number of carboxylic acids is 1. The number of hydrogen-bond acceptors (Lipinski definition) is 11. The summed E-state index contributed by atoms with van der Waals surface area (Å²) in [5.41, 5.74) is -2.93. The van der Waals surface area contributed by atoms with Crippen LogP contribution in [0.15, 0.2) is 12.2 Å². The third kappa shape index (κ3) is 7.79. The van der Waals surface area contributed by atoms with E-state index in [2.05, 4.69) is 39.1 Å². The van der Waals surface area contributed by atoms with Gasteiger partial charge in [0.1, 0.15) is 16.1 Å². The van der Waals surface area contributed by atoms with Crippen LogP contribution in [0.4, 0.5) is 0 Å². The zero-order chi connectivity index (χ0) is 42.8. The molecule has 13 heteroatoms. The monoisotopic (exact) mass is 851 g/mol. The minimum absolute atomic E-state index is 0.0308. The number of aliphatic hydroxyl groups excluding tert-OH is 1. The van der Waals surface area contributed by atoms with Crippen molar-refractivity contribution in [3.8, 4) is 0 Å². The van der Waals surface area contributed by atoms with Gasteiger partial charge in [-0.3, -0.25) is 9.59 Å². The largest absolute Gasteiger partial charge is 0.481 e. The van der Waals surface area contributed by atoms with Gasteiger partial charge in [0.05, 0.1) is 53.2 Å². The fourth-order valence-corrected chi connectivity index (χ4v) is 12.3. The van der Waals surface area contributed by atoms with Crippen molar-refractivity contribution < 1.29 is 48.6 Å². The zero-order valence-corrected chi connectivity index (χ0v) is 38.5. The Morgan fingerprint density at radius 2 is 1.66 bits per heavy atom. The third-order valence-corrected chi connectivity index (χ3v) is 17.3. The van der Waals surface area contributed by atoms with E-state index in [1.54, 1.807) is 0 Å². The number of aliphatic hydroxyl groups is 2. The second-order valence-electron chi connectivity index (χ2n) is 19.6. The Labute approximate surface area is 356 Å². The highest BCUT2D eigenvalue weighted by atomic mass is 32.2. The second-order valence-corrected chi connectivity index (χ2v) is 21.1. The number of ketones is 1. The lowest BCUT2D eigenvalue weighted by molar-refractivity contribution is -0.397. The van der Waals surface area contributed by atoms with E-state index in [1.165, 1.54) is 11.8 Å². The number of carbonyl (C=O) groups is 2. The van der Waals surface area contributed by atoms with Gasteiger partial charge >= 0.3 is 5.97 Å². The van der Waals surface area contributed by atoms with E-state index in [-0.39, 0.29) is 35.7 Å². The van der Waals surface area contributed by atoms with E-state index in [4.69, 9.17) is 35.9 Å². The molecule has 6 rings (SSSR count). The number of carboxylic acid groups (broad SMARTS) is 1. The van der Waals surface area contributed by atoms with Crippen molar-refractivity contribution >= 4 is 40.1 Å². The molecule has 5 aliphatic heterocycles. The molecular formula is C45H73NO10S2. The highest BCUT2D eigenvalue weighted by molar-refractivity contribution is 8.22. The molecule has 18 atom stereocenters. The first-order chi connectivity index (χ1) is 27.1. The van der Waals surface area contributed by atoms with Crippen LogP contribution in [-0.2, 0) is 33.3 Å². The van der Waals surface area contributed by atoms with Gasteiger partial charge in [0.15, 0.2) is 11.6 Å². The van der Waals surface area contributed by atoms with Crippen LogP contribution in [0, 0.1) is 40.9 Å². The molecule has 3 spiro atoms. The van der Waals surface area contributed by atoms with Crippen LogP contribution in [0.5, 0.6) is 0 Å². The molecule has 0 aromatic rings. The van der Waals surface area contributed by atoms with Gasteiger partial charge in [-0.05, 0) is 102 Å². The number of rotatable bonds is 12. The zero-order valence-electron chi connectivity index (χ0n) is 36.9. The molecule has 0 amide bonds. The summed E-state index contributed by atoms with van der Waals surface area (Å²) in [6, 6.07) is -0.403. The molecule has 5 fully saturated rings. The lowest BCUT2D eigenvalue weighted by Crippen LogP contribution is -2.65. The molecule has 11 nitrogen and oxygen atoms in total. The van der Waals surface area contributed by atoms with E-state index in [0.29, 0.717) is 62.1 Å². The third-order valence-electron chi connectivity index (χ3n) is 16.2. The van der Waals surface area contributed by atoms with Crippen molar-refractivity contribution in [1.82, 2.24) is 5.32 Å². The van der Waals surface area contributed by atoms with Crippen LogP contribution < -0.4 is 5.32 Å². The number of carbonyl (C=O) groups excluding carboxylic acids is 1. The molecule has 4 saturated heterocycles. The van der Waals surface area contributed by atoms with Crippen LogP contribution in [0.2, 0.25) is 0 Å². The number of thioether (sulfide) groups is 1. The molecule has 0 aromatic carbocycles. The number of thiocarbonyl (C=S) groups is 1. The summed E-state index contributed by atoms with van der Waals surface area (Å²) in [4.78, 5) is 26.9. The maximum Gasteiger partial charge on any atom is 0.309 e. The first-order valence-electron chi connectivity index (χ1n) is 22.3. The van der Waals surface area contributed by atoms with Crippen LogP contribution in [-0.4, -0.2) is 103 Å². The number of nitrogens with one attached hydrogen (secondary N) is 1. The summed E-state index contributed by atoms with van der Waals surface area (Å²) >= 11 is 7.12. The number of ether oxygens (including phenoxy) is 5. The molecular weight excluding hydrogens is 779 g/mol. The summed E-state index contributed by atoms with van der Waals surface area (Å²) in [7, 11) is 0. The van der Waals surface area contributed by atoms with Gasteiger partial charge in [-0.15, -0.1) is 11.8 Å². The molecule has 5 heterocycles. The van der Waals surface area contributed by atoms with Gasteiger partial charge in [0.25, 0.3) is 0 Å². The topological polar surface area (TPSA) is 153 Å². The van der Waals surface area contributed by atoms with Crippen molar-refractivity contribution in [3.63, 3.8) is 0 Å². The van der Waals surface area contributed by atoms with Crippen LogP contribution in [0.1, 0.15) is 140 Å². The van der Waals surface area contributed by atoms with Crippen molar-refractivity contribution in [2.45, 2.75) is 205 Å². The van der Waals surface area contributed by atoms with E-state index >= 15 is 0 Å². The van der Waals surface area contributed by atoms with E-state index in [0.717, 1.165) is 12.8 Å². The Bertz CT molecular complexity index is 1580. The van der Waals surface area contributed by atoms with Gasteiger partial charge in [0, 0.05) is 29.6 Å². The normalized spacial score (nSPS) is 47.1. The Morgan fingerprint density at radius 1 is 0.966 bits per heavy atom. The van der Waals surface area contributed by atoms with Crippen molar-refractivity contribution in [2.75, 3.05) is 6.26 Å². The Hall–Kier alpha value is -1.16. The van der Waals surface area contributed by atoms with Crippen molar-refractivity contribution in [3.05, 3.63) is 12.2 Å². The predicted octanol–water partition coefficient (Wildman–Crippen LogP) is 7.58.